The van der Waals surface area contributed by atoms with Crippen LogP contribution in [0.15, 0.2) is 67.0 Å². The van der Waals surface area contributed by atoms with E-state index in [4.69, 9.17) is 14.5 Å². The quantitative estimate of drug-likeness (QED) is 0.361. The molecule has 0 aliphatic heterocycles. The van der Waals surface area contributed by atoms with Crippen LogP contribution in [0.25, 0.3) is 16.9 Å². The highest BCUT2D eigenvalue weighted by atomic mass is 16.6. The van der Waals surface area contributed by atoms with Crippen LogP contribution in [-0.2, 0) is 9.59 Å². The van der Waals surface area contributed by atoms with Crippen molar-refractivity contribution in [1.82, 2.24) is 14.4 Å². The fraction of sp³-hybridized carbons (Fsp3) is 0.130. The molecule has 1 amide bonds. The van der Waals surface area contributed by atoms with Gasteiger partial charge in [0.2, 0.25) is 11.9 Å². The largest absolute Gasteiger partial charge is 0.493 e. The number of fused-ring (bicyclic) bond motifs is 1. The molecule has 8 heteroatoms. The Bertz CT molecular complexity index is 1270. The van der Waals surface area contributed by atoms with Crippen molar-refractivity contribution in [2.24, 2.45) is 0 Å². The number of carbonyl (C=O) groups is 2. The fourth-order valence-corrected chi connectivity index (χ4v) is 3.30. The summed E-state index contributed by atoms with van der Waals surface area (Å²) in [5, 5.41) is 0. The number of carbonyl (C=O) groups excluding carboxylic acids is 2. The van der Waals surface area contributed by atoms with Gasteiger partial charge in [-0.1, -0.05) is 18.2 Å². The van der Waals surface area contributed by atoms with Crippen LogP contribution in [0.3, 0.4) is 0 Å². The van der Waals surface area contributed by atoms with Gasteiger partial charge >= 0.3 is 5.97 Å². The van der Waals surface area contributed by atoms with Gasteiger partial charge in [0, 0.05) is 37.9 Å². The first kappa shape index (κ1) is 20.1. The van der Waals surface area contributed by atoms with Gasteiger partial charge in [-0.3, -0.25) is 14.0 Å². The first-order valence-corrected chi connectivity index (χ1v) is 9.54. The summed E-state index contributed by atoms with van der Waals surface area (Å²) in [7, 11) is 1.50. The molecule has 0 atom stereocenters. The van der Waals surface area contributed by atoms with Crippen LogP contribution >= 0.6 is 0 Å². The van der Waals surface area contributed by atoms with E-state index in [0.717, 1.165) is 0 Å². The van der Waals surface area contributed by atoms with Gasteiger partial charge in [-0.25, -0.2) is 14.9 Å². The number of imidazole rings is 1. The minimum Gasteiger partial charge on any atom is -0.493 e. The summed E-state index contributed by atoms with van der Waals surface area (Å²) in [6.45, 7) is 2.81. The molecule has 0 bridgehead atoms. The van der Waals surface area contributed by atoms with E-state index in [0.29, 0.717) is 34.3 Å². The molecule has 0 aliphatic carbocycles. The Morgan fingerprint density at radius 1 is 1.00 bits per heavy atom. The molecule has 0 spiro atoms. The Morgan fingerprint density at radius 3 is 2.45 bits per heavy atom. The molecule has 0 aliphatic rings. The lowest BCUT2D eigenvalue weighted by molar-refractivity contribution is -0.132. The van der Waals surface area contributed by atoms with E-state index in [-0.39, 0.29) is 11.7 Å². The number of esters is 1. The zero-order valence-electron chi connectivity index (χ0n) is 17.3. The predicted octanol–water partition coefficient (Wildman–Crippen LogP) is 4.01. The molecule has 4 aromatic rings. The third-order valence-electron chi connectivity index (χ3n) is 4.61. The van der Waals surface area contributed by atoms with E-state index in [1.54, 1.807) is 41.1 Å². The summed E-state index contributed by atoms with van der Waals surface area (Å²) in [5.41, 5.74) is 2.55. The number of anilines is 2. The molecule has 2 heterocycles. The molecule has 0 radical (unpaired) electrons. The van der Waals surface area contributed by atoms with Crippen LogP contribution in [0, 0.1) is 0 Å². The lowest BCUT2D eigenvalue weighted by Crippen LogP contribution is -2.26. The molecule has 31 heavy (non-hydrogen) atoms. The van der Waals surface area contributed by atoms with Crippen molar-refractivity contribution in [3.05, 3.63) is 67.0 Å². The molecule has 0 fully saturated rings. The van der Waals surface area contributed by atoms with E-state index in [2.05, 4.69) is 4.98 Å². The van der Waals surface area contributed by atoms with Crippen molar-refractivity contribution in [3.63, 3.8) is 0 Å². The molecule has 0 N–H and O–H groups in total. The fourth-order valence-electron chi connectivity index (χ4n) is 3.30. The van der Waals surface area contributed by atoms with Gasteiger partial charge in [-0.15, -0.1) is 0 Å². The molecule has 156 valence electrons. The number of hydrogen-bond acceptors (Lipinski definition) is 6. The predicted molar refractivity (Wildman–Crippen MR) is 116 cm³/mol. The summed E-state index contributed by atoms with van der Waals surface area (Å²) in [5.74, 6) is 0.454. The molecule has 2 aromatic carbocycles. The number of rotatable bonds is 5. The van der Waals surface area contributed by atoms with Crippen LogP contribution in [0.4, 0.5) is 11.6 Å². The van der Waals surface area contributed by atoms with Crippen LogP contribution in [-0.4, -0.2) is 33.4 Å². The minimum absolute atomic E-state index is 0.193. The smallest absolute Gasteiger partial charge is 0.308 e. The Morgan fingerprint density at radius 2 is 1.77 bits per heavy atom. The molecule has 0 unspecified atom stereocenters. The number of aromatic nitrogens is 3. The number of para-hydroxylation sites is 1. The second-order valence-electron chi connectivity index (χ2n) is 6.75. The van der Waals surface area contributed by atoms with Gasteiger partial charge in [-0.05, 0) is 30.3 Å². The average molecular weight is 416 g/mol. The average Bonchev–Trinajstić information content (AvgIpc) is 3.23. The van der Waals surface area contributed by atoms with E-state index < -0.39 is 5.97 Å². The van der Waals surface area contributed by atoms with Gasteiger partial charge in [0.25, 0.3) is 0 Å². The third kappa shape index (κ3) is 3.95. The number of nitrogens with zero attached hydrogens (tertiary/aromatic N) is 4. The van der Waals surface area contributed by atoms with E-state index in [1.807, 2.05) is 30.3 Å². The lowest BCUT2D eigenvalue weighted by atomic mass is 10.1. The highest BCUT2D eigenvalue weighted by Crippen LogP contribution is 2.34. The minimum atomic E-state index is -0.459. The Labute approximate surface area is 178 Å². The Kier molecular flexibility index (Phi) is 5.36. The van der Waals surface area contributed by atoms with Crippen molar-refractivity contribution in [1.29, 1.82) is 0 Å². The van der Waals surface area contributed by atoms with Crippen LogP contribution in [0.5, 0.6) is 11.5 Å². The second kappa shape index (κ2) is 8.27. The SMILES string of the molecule is COc1ccc(-c2cc3nccn3c(N(C(C)=O)c3ccccc3)n2)cc1OC(C)=O. The molecule has 4 rings (SSSR count). The van der Waals surface area contributed by atoms with Crippen LogP contribution in [0.1, 0.15) is 13.8 Å². The van der Waals surface area contributed by atoms with Gasteiger partial charge < -0.3 is 9.47 Å². The standard InChI is InChI=1S/C23H20N4O4/c1-15(28)27(18-7-5-4-6-8-18)23-25-19(14-22-24-11-12-26(22)23)17-9-10-20(30-3)21(13-17)31-16(2)29/h4-14H,1-3H3. The topological polar surface area (TPSA) is 86.0 Å². The van der Waals surface area contributed by atoms with Crippen molar-refractivity contribution >= 4 is 29.2 Å². The maximum Gasteiger partial charge on any atom is 0.308 e. The maximum atomic E-state index is 12.6. The lowest BCUT2D eigenvalue weighted by Gasteiger charge is -2.22. The number of benzene rings is 2. The van der Waals surface area contributed by atoms with Crippen LogP contribution < -0.4 is 14.4 Å². The highest BCUT2D eigenvalue weighted by Gasteiger charge is 2.21. The molecule has 8 nitrogen and oxygen atoms in total. The van der Waals surface area contributed by atoms with Gasteiger partial charge in [-0.2, -0.15) is 0 Å². The third-order valence-corrected chi connectivity index (χ3v) is 4.61. The van der Waals surface area contributed by atoms with E-state index in [1.165, 1.54) is 25.9 Å². The summed E-state index contributed by atoms with van der Waals surface area (Å²) < 4.78 is 12.3. The first-order chi connectivity index (χ1) is 15.0. The zero-order chi connectivity index (χ0) is 22.0. The number of hydrogen-bond donors (Lipinski definition) is 0. The van der Waals surface area contributed by atoms with Crippen molar-refractivity contribution in [2.75, 3.05) is 12.0 Å². The number of methoxy groups -OCH3 is 1. The highest BCUT2D eigenvalue weighted by molar-refractivity contribution is 5.98. The summed E-state index contributed by atoms with van der Waals surface area (Å²) in [4.78, 5) is 34.8. The number of ether oxygens (including phenoxy) is 2. The number of amides is 1. The second-order valence-corrected chi connectivity index (χ2v) is 6.75. The zero-order valence-corrected chi connectivity index (χ0v) is 17.3. The van der Waals surface area contributed by atoms with Crippen molar-refractivity contribution < 1.29 is 19.1 Å². The van der Waals surface area contributed by atoms with Crippen LogP contribution in [0.2, 0.25) is 0 Å². The summed E-state index contributed by atoms with van der Waals surface area (Å²) in [6, 6.07) is 16.2. The molecular formula is C23H20N4O4. The molecule has 2 aromatic heterocycles. The Balaban J connectivity index is 1.90. The van der Waals surface area contributed by atoms with Gasteiger partial charge in [0.05, 0.1) is 18.5 Å². The molecule has 0 saturated heterocycles. The maximum absolute atomic E-state index is 12.6. The molecular weight excluding hydrogens is 396 g/mol. The normalized spacial score (nSPS) is 10.7. The van der Waals surface area contributed by atoms with Crippen molar-refractivity contribution in [3.8, 4) is 22.8 Å². The van der Waals surface area contributed by atoms with Crippen molar-refractivity contribution in [2.45, 2.75) is 13.8 Å². The Hall–Kier alpha value is -4.20. The monoisotopic (exact) mass is 416 g/mol. The molecule has 0 saturated carbocycles. The summed E-state index contributed by atoms with van der Waals surface area (Å²) >= 11 is 0. The van der Waals surface area contributed by atoms with Gasteiger partial charge in [0.15, 0.2) is 11.5 Å². The van der Waals surface area contributed by atoms with E-state index >= 15 is 0 Å². The van der Waals surface area contributed by atoms with E-state index in [9.17, 15) is 9.59 Å². The van der Waals surface area contributed by atoms with Gasteiger partial charge in [0.1, 0.15) is 5.65 Å². The summed E-state index contributed by atoms with van der Waals surface area (Å²) in [6.07, 6.45) is 3.39. The first-order valence-electron chi connectivity index (χ1n) is 9.54.